The summed E-state index contributed by atoms with van der Waals surface area (Å²) in [4.78, 5) is 2.39. The Bertz CT molecular complexity index is 2820. The Balaban J connectivity index is 1.05. The summed E-state index contributed by atoms with van der Waals surface area (Å²) < 4.78 is 0. The van der Waals surface area contributed by atoms with E-state index in [4.69, 9.17) is 0 Å². The summed E-state index contributed by atoms with van der Waals surface area (Å²) in [6.45, 7) is 0. The highest BCUT2D eigenvalue weighted by atomic mass is 15.1. The molecule has 252 valence electrons. The first-order chi connectivity index (χ1) is 26.8. The van der Waals surface area contributed by atoms with Crippen LogP contribution in [0.4, 0.5) is 17.1 Å². The van der Waals surface area contributed by atoms with Crippen molar-refractivity contribution >= 4 is 27.8 Å². The van der Waals surface area contributed by atoms with Crippen LogP contribution in [0.25, 0.3) is 55.3 Å². The molecule has 0 heterocycles. The van der Waals surface area contributed by atoms with Crippen LogP contribution in [0.3, 0.4) is 0 Å². The molecule has 2 aliphatic carbocycles. The normalized spacial score (nSPS) is 13.0. The largest absolute Gasteiger partial charge is 0.310 e. The number of hydrogen-bond acceptors (Lipinski definition) is 1. The molecule has 0 saturated carbocycles. The third kappa shape index (κ3) is 4.45. The molecule has 2 aliphatic rings. The van der Waals surface area contributed by atoms with E-state index in [1.807, 2.05) is 0 Å². The number of fused-ring (bicyclic) bond motifs is 11. The van der Waals surface area contributed by atoms with Crippen LogP contribution in [0, 0.1) is 0 Å². The van der Waals surface area contributed by atoms with Crippen molar-refractivity contribution in [3.8, 4) is 44.5 Å². The van der Waals surface area contributed by atoms with Gasteiger partial charge in [-0.2, -0.15) is 0 Å². The molecular formula is C53H35N. The Morgan fingerprint density at radius 2 is 0.778 bits per heavy atom. The molecular weight excluding hydrogens is 651 g/mol. The zero-order chi connectivity index (χ0) is 35.6. The number of rotatable bonds is 5. The molecule has 0 N–H and O–H groups in total. The van der Waals surface area contributed by atoms with Gasteiger partial charge in [-0.1, -0.05) is 170 Å². The molecule has 9 aromatic rings. The molecule has 1 nitrogen and oxygen atoms in total. The maximum Gasteiger partial charge on any atom is 0.0725 e. The van der Waals surface area contributed by atoms with Crippen LogP contribution >= 0.6 is 0 Å². The van der Waals surface area contributed by atoms with Gasteiger partial charge < -0.3 is 4.90 Å². The third-order valence-electron chi connectivity index (χ3n) is 11.7. The topological polar surface area (TPSA) is 3.24 Å². The number of benzene rings is 9. The number of hydrogen-bond donors (Lipinski definition) is 0. The zero-order valence-electron chi connectivity index (χ0n) is 29.7. The molecule has 0 fully saturated rings. The van der Waals surface area contributed by atoms with Crippen molar-refractivity contribution in [3.05, 3.63) is 235 Å². The summed E-state index contributed by atoms with van der Waals surface area (Å²) in [5.41, 5.74) is 18.6. The van der Waals surface area contributed by atoms with Gasteiger partial charge in [0.1, 0.15) is 0 Å². The second-order valence-corrected chi connectivity index (χ2v) is 14.4. The van der Waals surface area contributed by atoms with Gasteiger partial charge in [0.05, 0.1) is 5.41 Å². The first kappa shape index (κ1) is 30.6. The lowest BCUT2D eigenvalue weighted by molar-refractivity contribution is 0.794. The average Bonchev–Trinajstić information content (AvgIpc) is 3.71. The highest BCUT2D eigenvalue weighted by molar-refractivity contribution is 6.00. The molecule has 11 rings (SSSR count). The van der Waals surface area contributed by atoms with Gasteiger partial charge in [0.25, 0.3) is 0 Å². The molecule has 0 amide bonds. The van der Waals surface area contributed by atoms with Crippen LogP contribution in [0.1, 0.15) is 22.3 Å². The van der Waals surface area contributed by atoms with Crippen molar-refractivity contribution in [3.63, 3.8) is 0 Å². The van der Waals surface area contributed by atoms with Crippen LogP contribution in [-0.2, 0) is 5.41 Å². The van der Waals surface area contributed by atoms with Crippen molar-refractivity contribution in [2.45, 2.75) is 5.41 Å². The maximum absolute atomic E-state index is 2.42. The predicted molar refractivity (Wildman–Crippen MR) is 226 cm³/mol. The minimum Gasteiger partial charge on any atom is -0.310 e. The fourth-order valence-corrected chi connectivity index (χ4v) is 9.38. The standard InChI is InChI=1S/C53H35N/c1-3-14-36(15-4-1)39-27-26-37-16-13-22-43(47(37)34-39)38-28-30-41(31-29-38)54(40-17-5-2-6-18-40)42-32-33-52-48(35-42)46-21-9-12-25-51(46)53(52)49-23-10-7-19-44(49)45-20-8-11-24-50(45)53/h1-35H. The molecule has 1 spiro atoms. The lowest BCUT2D eigenvalue weighted by atomic mass is 9.70. The quantitative estimate of drug-likeness (QED) is 0.174. The van der Waals surface area contributed by atoms with Crippen molar-refractivity contribution in [1.29, 1.82) is 0 Å². The smallest absolute Gasteiger partial charge is 0.0725 e. The fraction of sp³-hybridized carbons (Fsp3) is 0.0189. The average molecular weight is 686 g/mol. The molecule has 0 aromatic heterocycles. The Kier molecular flexibility index (Phi) is 6.84. The van der Waals surface area contributed by atoms with Gasteiger partial charge in [0.2, 0.25) is 0 Å². The zero-order valence-corrected chi connectivity index (χ0v) is 29.7. The van der Waals surface area contributed by atoms with Gasteiger partial charge in [-0.3, -0.25) is 0 Å². The summed E-state index contributed by atoms with van der Waals surface area (Å²) in [5, 5.41) is 2.50. The van der Waals surface area contributed by atoms with Crippen molar-refractivity contribution in [1.82, 2.24) is 0 Å². The van der Waals surface area contributed by atoms with Gasteiger partial charge in [-0.25, -0.2) is 0 Å². The number of anilines is 3. The summed E-state index contributed by atoms with van der Waals surface area (Å²) in [5.74, 6) is 0. The van der Waals surface area contributed by atoms with E-state index in [0.29, 0.717) is 0 Å². The van der Waals surface area contributed by atoms with Crippen LogP contribution in [0.5, 0.6) is 0 Å². The minimum atomic E-state index is -0.351. The van der Waals surface area contributed by atoms with Gasteiger partial charge in [-0.05, 0) is 120 Å². The molecule has 0 atom stereocenters. The van der Waals surface area contributed by atoms with Crippen molar-refractivity contribution < 1.29 is 0 Å². The lowest BCUT2D eigenvalue weighted by Gasteiger charge is -2.31. The van der Waals surface area contributed by atoms with Crippen LogP contribution in [0.15, 0.2) is 212 Å². The summed E-state index contributed by atoms with van der Waals surface area (Å²) in [6.07, 6.45) is 0. The van der Waals surface area contributed by atoms with Crippen LogP contribution in [0.2, 0.25) is 0 Å². The molecule has 0 aliphatic heterocycles. The van der Waals surface area contributed by atoms with E-state index >= 15 is 0 Å². The Morgan fingerprint density at radius 1 is 0.278 bits per heavy atom. The number of para-hydroxylation sites is 1. The Labute approximate surface area is 316 Å². The van der Waals surface area contributed by atoms with E-state index in [2.05, 4.69) is 217 Å². The molecule has 0 radical (unpaired) electrons. The van der Waals surface area contributed by atoms with Crippen molar-refractivity contribution in [2.24, 2.45) is 0 Å². The van der Waals surface area contributed by atoms with Crippen molar-refractivity contribution in [2.75, 3.05) is 4.90 Å². The van der Waals surface area contributed by atoms with E-state index in [9.17, 15) is 0 Å². The molecule has 0 bridgehead atoms. The fourth-order valence-electron chi connectivity index (χ4n) is 9.38. The minimum absolute atomic E-state index is 0.351. The summed E-state index contributed by atoms with van der Waals surface area (Å²) in [6, 6.07) is 78.1. The van der Waals surface area contributed by atoms with E-state index in [1.54, 1.807) is 0 Å². The van der Waals surface area contributed by atoms with Gasteiger partial charge in [-0.15, -0.1) is 0 Å². The molecule has 1 heteroatoms. The van der Waals surface area contributed by atoms with E-state index in [-0.39, 0.29) is 5.41 Å². The lowest BCUT2D eigenvalue weighted by Crippen LogP contribution is -2.25. The van der Waals surface area contributed by atoms with Gasteiger partial charge in [0, 0.05) is 17.1 Å². The summed E-state index contributed by atoms with van der Waals surface area (Å²) in [7, 11) is 0. The van der Waals surface area contributed by atoms with Crippen LogP contribution in [-0.4, -0.2) is 0 Å². The first-order valence-corrected chi connectivity index (χ1v) is 18.8. The highest BCUT2D eigenvalue weighted by Gasteiger charge is 2.51. The van der Waals surface area contributed by atoms with Gasteiger partial charge in [0.15, 0.2) is 0 Å². The maximum atomic E-state index is 2.42. The molecule has 0 unspecified atom stereocenters. The SMILES string of the molecule is c1ccc(-c2ccc3cccc(-c4ccc(N(c5ccccc5)c5ccc6c(c5)-c5ccccc5C65c6ccccc6-c6ccccc65)cc4)c3c2)cc1. The third-order valence-corrected chi connectivity index (χ3v) is 11.7. The Hall–Kier alpha value is -6.96. The first-order valence-electron chi connectivity index (χ1n) is 18.8. The second-order valence-electron chi connectivity index (χ2n) is 14.4. The molecule has 0 saturated heterocycles. The van der Waals surface area contributed by atoms with E-state index in [0.717, 1.165) is 17.1 Å². The predicted octanol–water partition coefficient (Wildman–Crippen LogP) is 14.0. The Morgan fingerprint density at radius 3 is 1.44 bits per heavy atom. The second kappa shape index (κ2) is 12.0. The molecule has 54 heavy (non-hydrogen) atoms. The summed E-state index contributed by atoms with van der Waals surface area (Å²) >= 11 is 0. The van der Waals surface area contributed by atoms with Crippen LogP contribution < -0.4 is 4.90 Å². The number of nitrogens with zero attached hydrogens (tertiary/aromatic N) is 1. The van der Waals surface area contributed by atoms with Gasteiger partial charge >= 0.3 is 0 Å². The molecule has 9 aromatic carbocycles. The monoisotopic (exact) mass is 685 g/mol. The highest BCUT2D eigenvalue weighted by Crippen LogP contribution is 2.63. The van der Waals surface area contributed by atoms with E-state index < -0.39 is 0 Å². The van der Waals surface area contributed by atoms with E-state index in [1.165, 1.54) is 77.5 Å².